The predicted molar refractivity (Wildman–Crippen MR) is 131 cm³/mol. The molecule has 0 radical (unpaired) electrons. The standard InChI is InChI=1S/C28H36F2N2O3/c29-22-13-14-23(24(30)17-22)27(32-15-7-2-8-16-32)28(34)35-26(21-11-5-6-12-21)19-31-18-25(33)20-9-3-1-4-10-20/h3,9-10,13-14,17,21,26-27,31H,1-2,4-8,11-12,15-16,18-19H2/t26-,27?/m0/s1. The van der Waals surface area contributed by atoms with E-state index in [4.69, 9.17) is 4.74 Å². The molecule has 2 atom stereocenters. The summed E-state index contributed by atoms with van der Waals surface area (Å²) in [6, 6.07) is 2.48. The third-order valence-corrected chi connectivity index (χ3v) is 7.38. The summed E-state index contributed by atoms with van der Waals surface area (Å²) in [6.45, 7) is 1.89. The molecule has 1 heterocycles. The lowest BCUT2D eigenvalue weighted by Gasteiger charge is -2.35. The molecule has 0 bridgehead atoms. The second-order valence-electron chi connectivity index (χ2n) is 9.88. The van der Waals surface area contributed by atoms with Crippen molar-refractivity contribution in [2.75, 3.05) is 26.2 Å². The van der Waals surface area contributed by atoms with E-state index in [-0.39, 0.29) is 23.8 Å². The molecule has 1 unspecified atom stereocenters. The Balaban J connectivity index is 1.46. The number of esters is 1. The first-order valence-corrected chi connectivity index (χ1v) is 13.0. The molecule has 2 aliphatic carbocycles. The Bertz CT molecular complexity index is 950. The average molecular weight is 487 g/mol. The number of nitrogens with one attached hydrogen (secondary N) is 1. The molecule has 1 aromatic rings. The maximum absolute atomic E-state index is 14.8. The van der Waals surface area contributed by atoms with Gasteiger partial charge in [0.25, 0.3) is 0 Å². The van der Waals surface area contributed by atoms with Gasteiger partial charge >= 0.3 is 5.97 Å². The van der Waals surface area contributed by atoms with Crippen molar-refractivity contribution in [1.82, 2.24) is 10.2 Å². The van der Waals surface area contributed by atoms with Crippen LogP contribution in [0.5, 0.6) is 0 Å². The zero-order valence-corrected chi connectivity index (χ0v) is 20.3. The van der Waals surface area contributed by atoms with E-state index in [1.807, 2.05) is 23.1 Å². The number of benzene rings is 1. The summed E-state index contributed by atoms with van der Waals surface area (Å²) in [6.07, 6.45) is 14.2. The van der Waals surface area contributed by atoms with Gasteiger partial charge in [0.05, 0.1) is 6.54 Å². The van der Waals surface area contributed by atoms with E-state index in [9.17, 15) is 18.4 Å². The minimum Gasteiger partial charge on any atom is -0.459 e. The molecule has 1 saturated heterocycles. The Hall–Kier alpha value is -2.38. The minimum absolute atomic E-state index is 0.0250. The molecule has 190 valence electrons. The van der Waals surface area contributed by atoms with E-state index in [1.165, 1.54) is 12.1 Å². The van der Waals surface area contributed by atoms with Crippen LogP contribution in [0.1, 0.15) is 69.4 Å². The molecule has 3 aliphatic rings. The summed E-state index contributed by atoms with van der Waals surface area (Å²) < 4.78 is 34.5. The molecule has 0 amide bonds. The fraction of sp³-hybridized carbons (Fsp3) is 0.571. The van der Waals surface area contributed by atoms with Gasteiger partial charge in [-0.3, -0.25) is 9.69 Å². The van der Waals surface area contributed by atoms with E-state index in [0.717, 1.165) is 69.4 Å². The number of hydrogen-bond donors (Lipinski definition) is 1. The van der Waals surface area contributed by atoms with Crippen LogP contribution in [-0.2, 0) is 14.3 Å². The number of nitrogens with zero attached hydrogens (tertiary/aromatic N) is 1. The molecular formula is C28H36F2N2O3. The van der Waals surface area contributed by atoms with Crippen LogP contribution < -0.4 is 5.32 Å². The van der Waals surface area contributed by atoms with Crippen molar-refractivity contribution < 1.29 is 23.1 Å². The van der Waals surface area contributed by atoms with E-state index < -0.39 is 29.7 Å². The largest absolute Gasteiger partial charge is 0.459 e. The van der Waals surface area contributed by atoms with Crippen LogP contribution in [0.2, 0.25) is 0 Å². The minimum atomic E-state index is -0.904. The van der Waals surface area contributed by atoms with Crippen molar-refractivity contribution in [2.24, 2.45) is 5.92 Å². The molecule has 5 nitrogen and oxygen atoms in total. The lowest BCUT2D eigenvalue weighted by Crippen LogP contribution is -2.43. The Kier molecular flexibility index (Phi) is 9.21. The van der Waals surface area contributed by atoms with Gasteiger partial charge in [-0.1, -0.05) is 43.6 Å². The summed E-state index contributed by atoms with van der Waals surface area (Å²) >= 11 is 0. The fourth-order valence-corrected chi connectivity index (χ4v) is 5.47. The maximum atomic E-state index is 14.8. The van der Waals surface area contributed by atoms with E-state index >= 15 is 0 Å². The smallest absolute Gasteiger partial charge is 0.328 e. The first-order chi connectivity index (χ1) is 17.0. The number of ether oxygens (including phenoxy) is 1. The number of ketones is 1. The monoisotopic (exact) mass is 486 g/mol. The highest BCUT2D eigenvalue weighted by atomic mass is 19.1. The van der Waals surface area contributed by atoms with E-state index in [2.05, 4.69) is 5.32 Å². The lowest BCUT2D eigenvalue weighted by atomic mass is 9.98. The molecule has 1 aliphatic heterocycles. The van der Waals surface area contributed by atoms with Crippen LogP contribution in [0.3, 0.4) is 0 Å². The van der Waals surface area contributed by atoms with Crippen molar-refractivity contribution in [3.63, 3.8) is 0 Å². The third-order valence-electron chi connectivity index (χ3n) is 7.38. The highest BCUT2D eigenvalue weighted by Crippen LogP contribution is 2.33. The zero-order valence-electron chi connectivity index (χ0n) is 20.3. The normalized spacial score (nSPS) is 20.9. The van der Waals surface area contributed by atoms with Gasteiger partial charge in [-0.2, -0.15) is 0 Å². The summed E-state index contributed by atoms with van der Waals surface area (Å²) in [5, 5.41) is 3.20. The van der Waals surface area contributed by atoms with Gasteiger partial charge in [-0.25, -0.2) is 13.6 Å². The van der Waals surface area contributed by atoms with Gasteiger partial charge in [0, 0.05) is 23.7 Å². The summed E-state index contributed by atoms with van der Waals surface area (Å²) in [4.78, 5) is 28.0. The first kappa shape index (κ1) is 25.7. The molecule has 35 heavy (non-hydrogen) atoms. The van der Waals surface area contributed by atoms with Crippen LogP contribution >= 0.6 is 0 Å². The number of carbonyl (C=O) groups excluding carboxylic acids is 2. The van der Waals surface area contributed by atoms with Gasteiger partial charge in [-0.15, -0.1) is 0 Å². The number of hydrogen-bond acceptors (Lipinski definition) is 5. The number of likely N-dealkylation sites (tertiary alicyclic amines) is 1. The molecule has 2 fully saturated rings. The quantitative estimate of drug-likeness (QED) is 0.470. The Morgan fingerprint density at radius 2 is 1.83 bits per heavy atom. The maximum Gasteiger partial charge on any atom is 0.328 e. The van der Waals surface area contributed by atoms with E-state index in [0.29, 0.717) is 19.6 Å². The molecule has 7 heteroatoms. The Morgan fingerprint density at radius 3 is 2.51 bits per heavy atom. The number of carbonyl (C=O) groups is 2. The fourth-order valence-electron chi connectivity index (χ4n) is 5.47. The second-order valence-corrected chi connectivity index (χ2v) is 9.88. The van der Waals surface area contributed by atoms with Gasteiger partial charge in [0.15, 0.2) is 5.78 Å². The summed E-state index contributed by atoms with van der Waals surface area (Å²) in [5.74, 6) is -1.67. The van der Waals surface area contributed by atoms with Gasteiger partial charge in [0.1, 0.15) is 23.8 Å². The van der Waals surface area contributed by atoms with Gasteiger partial charge in [-0.05, 0) is 63.6 Å². The second kappa shape index (κ2) is 12.5. The molecule has 1 N–H and O–H groups in total. The molecule has 0 spiro atoms. The van der Waals surface area contributed by atoms with Crippen LogP contribution in [0.15, 0.2) is 42.0 Å². The Labute approximate surface area is 206 Å². The predicted octanol–water partition coefficient (Wildman–Crippen LogP) is 5.03. The molecule has 1 saturated carbocycles. The first-order valence-electron chi connectivity index (χ1n) is 13.0. The van der Waals surface area contributed by atoms with Crippen LogP contribution in [0, 0.1) is 17.6 Å². The lowest BCUT2D eigenvalue weighted by molar-refractivity contribution is -0.159. The third kappa shape index (κ3) is 6.85. The number of Topliss-reactive ketones (excluding diaryl/α,β-unsaturated/α-hetero) is 1. The topological polar surface area (TPSA) is 58.6 Å². The summed E-state index contributed by atoms with van der Waals surface area (Å²) in [7, 11) is 0. The zero-order chi connectivity index (χ0) is 24.6. The van der Waals surface area contributed by atoms with Crippen molar-refractivity contribution >= 4 is 11.8 Å². The Morgan fingerprint density at radius 1 is 1.06 bits per heavy atom. The summed E-state index contributed by atoms with van der Waals surface area (Å²) in [5.41, 5.74) is 0.873. The van der Waals surface area contributed by atoms with Crippen molar-refractivity contribution in [3.05, 3.63) is 59.2 Å². The van der Waals surface area contributed by atoms with Crippen LogP contribution in [0.25, 0.3) is 0 Å². The SMILES string of the molecule is O=C(CNC[C@H](OC(=O)C(c1ccc(F)cc1F)N1CCCCC1)C1CCCC1)C1=CCCC=C1. The highest BCUT2D eigenvalue weighted by Gasteiger charge is 2.36. The van der Waals surface area contributed by atoms with Crippen LogP contribution in [-0.4, -0.2) is 48.9 Å². The average Bonchev–Trinajstić information content (AvgIpc) is 3.41. The number of allylic oxidation sites excluding steroid dienone is 3. The molecular weight excluding hydrogens is 450 g/mol. The number of piperidine rings is 1. The van der Waals surface area contributed by atoms with Crippen molar-refractivity contribution in [3.8, 4) is 0 Å². The van der Waals surface area contributed by atoms with E-state index in [1.54, 1.807) is 0 Å². The molecule has 1 aromatic carbocycles. The van der Waals surface area contributed by atoms with Crippen molar-refractivity contribution in [2.45, 2.75) is 69.9 Å². The molecule has 4 rings (SSSR count). The number of halogens is 2. The highest BCUT2D eigenvalue weighted by molar-refractivity contribution is 5.99. The van der Waals surface area contributed by atoms with Crippen LogP contribution in [0.4, 0.5) is 8.78 Å². The van der Waals surface area contributed by atoms with Gasteiger partial charge < -0.3 is 10.1 Å². The van der Waals surface area contributed by atoms with Crippen molar-refractivity contribution in [1.29, 1.82) is 0 Å². The number of rotatable bonds is 10. The van der Waals surface area contributed by atoms with Gasteiger partial charge in [0.2, 0.25) is 0 Å². The molecule has 0 aromatic heterocycles.